The molecule has 0 bridgehead atoms. The molecule has 0 aliphatic carbocycles. The summed E-state index contributed by atoms with van der Waals surface area (Å²) in [5.41, 5.74) is 6.76. The number of aromatic amines is 1. The largest absolute Gasteiger partial charge is 0.495 e. The van der Waals surface area contributed by atoms with E-state index in [0.29, 0.717) is 22.2 Å². The predicted molar refractivity (Wildman–Crippen MR) is 65.1 cm³/mol. The number of ether oxygens (including phenoxy) is 1. The number of carboxylic acid groups (broad SMARTS) is 1. The molecule has 0 saturated heterocycles. The van der Waals surface area contributed by atoms with Gasteiger partial charge in [-0.15, -0.1) is 0 Å². The van der Waals surface area contributed by atoms with Crippen LogP contribution in [0, 0.1) is 6.92 Å². The third kappa shape index (κ3) is 1.67. The van der Waals surface area contributed by atoms with E-state index in [0.717, 1.165) is 0 Å². The van der Waals surface area contributed by atoms with Gasteiger partial charge in [-0.05, 0) is 24.6 Å². The lowest BCUT2D eigenvalue weighted by Crippen LogP contribution is -2.12. The fraction of sp³-hybridized carbons (Fsp3) is 0.167. The summed E-state index contributed by atoms with van der Waals surface area (Å²) in [5.74, 6) is -1.29. The first-order valence-electron chi connectivity index (χ1n) is 5.19. The smallest absolute Gasteiger partial charge is 0.335 e. The van der Waals surface area contributed by atoms with Crippen molar-refractivity contribution in [2.24, 2.45) is 5.73 Å². The van der Waals surface area contributed by atoms with Crippen molar-refractivity contribution in [3.05, 3.63) is 29.0 Å². The minimum Gasteiger partial charge on any atom is -0.495 e. The van der Waals surface area contributed by atoms with Gasteiger partial charge in [0.2, 0.25) is 0 Å². The van der Waals surface area contributed by atoms with Crippen molar-refractivity contribution in [1.29, 1.82) is 0 Å². The summed E-state index contributed by atoms with van der Waals surface area (Å²) in [4.78, 5) is 25.1. The van der Waals surface area contributed by atoms with Gasteiger partial charge in [-0.1, -0.05) is 0 Å². The molecule has 1 aromatic heterocycles. The van der Waals surface area contributed by atoms with E-state index >= 15 is 0 Å². The molecule has 0 aliphatic heterocycles. The van der Waals surface area contributed by atoms with Crippen molar-refractivity contribution in [1.82, 2.24) is 4.98 Å². The van der Waals surface area contributed by atoms with Crippen molar-refractivity contribution >= 4 is 22.8 Å². The Labute approximate surface area is 102 Å². The molecule has 18 heavy (non-hydrogen) atoms. The van der Waals surface area contributed by atoms with E-state index in [1.807, 2.05) is 0 Å². The molecule has 6 nitrogen and oxygen atoms in total. The average Bonchev–Trinajstić information content (AvgIpc) is 2.66. The number of fused-ring (bicyclic) bond motifs is 1. The molecule has 0 fully saturated rings. The Morgan fingerprint density at radius 3 is 2.56 bits per heavy atom. The van der Waals surface area contributed by atoms with Gasteiger partial charge in [0.15, 0.2) is 0 Å². The Morgan fingerprint density at radius 1 is 1.39 bits per heavy atom. The van der Waals surface area contributed by atoms with Gasteiger partial charge in [0.25, 0.3) is 5.91 Å². The minimum absolute atomic E-state index is 0.0949. The van der Waals surface area contributed by atoms with Gasteiger partial charge in [0.05, 0.1) is 18.2 Å². The number of hydrogen-bond acceptors (Lipinski definition) is 3. The van der Waals surface area contributed by atoms with Crippen LogP contribution in [0.2, 0.25) is 0 Å². The van der Waals surface area contributed by atoms with Crippen LogP contribution in [0.3, 0.4) is 0 Å². The van der Waals surface area contributed by atoms with Crippen LogP contribution in [-0.4, -0.2) is 29.1 Å². The van der Waals surface area contributed by atoms with Crippen LogP contribution in [0.25, 0.3) is 10.9 Å². The Kier molecular flexibility index (Phi) is 2.70. The van der Waals surface area contributed by atoms with Gasteiger partial charge in [-0.2, -0.15) is 0 Å². The van der Waals surface area contributed by atoms with Crippen molar-refractivity contribution in [2.75, 3.05) is 7.11 Å². The highest BCUT2D eigenvalue weighted by Gasteiger charge is 2.17. The molecule has 94 valence electrons. The van der Waals surface area contributed by atoms with E-state index in [4.69, 9.17) is 15.6 Å². The Morgan fingerprint density at radius 2 is 2.06 bits per heavy atom. The monoisotopic (exact) mass is 248 g/mol. The number of carbonyl (C=O) groups is 2. The fourth-order valence-corrected chi connectivity index (χ4v) is 1.92. The maximum atomic E-state index is 11.2. The molecule has 0 saturated carbocycles. The molecule has 1 amide bonds. The van der Waals surface area contributed by atoms with Crippen molar-refractivity contribution in [3.8, 4) is 5.75 Å². The molecule has 0 spiro atoms. The van der Waals surface area contributed by atoms with Gasteiger partial charge in [0, 0.05) is 5.39 Å². The van der Waals surface area contributed by atoms with E-state index < -0.39 is 11.9 Å². The zero-order valence-electron chi connectivity index (χ0n) is 9.90. The Hall–Kier alpha value is -2.50. The maximum absolute atomic E-state index is 11.2. The number of methoxy groups -OCH3 is 1. The number of aryl methyl sites for hydroxylation is 1. The topological polar surface area (TPSA) is 105 Å². The Bertz CT molecular complexity index is 658. The molecule has 1 heterocycles. The van der Waals surface area contributed by atoms with Gasteiger partial charge in [-0.3, -0.25) is 4.79 Å². The fourth-order valence-electron chi connectivity index (χ4n) is 1.92. The van der Waals surface area contributed by atoms with Crippen LogP contribution in [-0.2, 0) is 0 Å². The summed E-state index contributed by atoms with van der Waals surface area (Å²) < 4.78 is 5.12. The normalized spacial score (nSPS) is 10.6. The molecular weight excluding hydrogens is 236 g/mol. The van der Waals surface area contributed by atoms with Gasteiger partial charge < -0.3 is 20.6 Å². The summed E-state index contributed by atoms with van der Waals surface area (Å²) in [6.45, 7) is 1.70. The molecule has 0 unspecified atom stereocenters. The van der Waals surface area contributed by atoms with Crippen molar-refractivity contribution < 1.29 is 19.4 Å². The van der Waals surface area contributed by atoms with Crippen LogP contribution < -0.4 is 10.5 Å². The lowest BCUT2D eigenvalue weighted by atomic mass is 10.1. The maximum Gasteiger partial charge on any atom is 0.335 e. The summed E-state index contributed by atoms with van der Waals surface area (Å²) in [5, 5.41) is 9.63. The van der Waals surface area contributed by atoms with E-state index in [1.165, 1.54) is 19.2 Å². The van der Waals surface area contributed by atoms with Crippen LogP contribution in [0.15, 0.2) is 12.1 Å². The van der Waals surface area contributed by atoms with Crippen LogP contribution in [0.5, 0.6) is 5.75 Å². The summed E-state index contributed by atoms with van der Waals surface area (Å²) in [6, 6.07) is 2.88. The van der Waals surface area contributed by atoms with E-state index in [9.17, 15) is 9.59 Å². The third-order valence-electron chi connectivity index (χ3n) is 2.84. The lowest BCUT2D eigenvalue weighted by Gasteiger charge is -2.03. The predicted octanol–water partition coefficient (Wildman–Crippen LogP) is 1.28. The molecule has 0 aliphatic rings. The molecule has 2 aromatic rings. The number of carboxylic acids is 1. The van der Waals surface area contributed by atoms with Crippen molar-refractivity contribution in [2.45, 2.75) is 6.92 Å². The highest BCUT2D eigenvalue weighted by molar-refractivity contribution is 6.04. The number of carbonyl (C=O) groups excluding carboxylic acids is 1. The van der Waals surface area contributed by atoms with Gasteiger partial charge in [-0.25, -0.2) is 4.79 Å². The summed E-state index contributed by atoms with van der Waals surface area (Å²) in [6.07, 6.45) is 0. The van der Waals surface area contributed by atoms with Crippen LogP contribution >= 0.6 is 0 Å². The van der Waals surface area contributed by atoms with E-state index in [1.54, 1.807) is 6.92 Å². The number of nitrogens with two attached hydrogens (primary N) is 1. The quantitative estimate of drug-likeness (QED) is 0.760. The summed E-state index contributed by atoms with van der Waals surface area (Å²) >= 11 is 0. The standard InChI is InChI=1S/C12H12N2O4/c1-5-7-3-6(12(16)17)4-8(18-2)10(7)14-9(5)11(13)15/h3-4,14H,1-2H3,(H2,13,15)(H,16,17). The second-order valence-electron chi connectivity index (χ2n) is 3.90. The third-order valence-corrected chi connectivity index (χ3v) is 2.84. The highest BCUT2D eigenvalue weighted by Crippen LogP contribution is 2.31. The second kappa shape index (κ2) is 4.06. The SMILES string of the molecule is COc1cc(C(=O)O)cc2c(C)c(C(N)=O)[nH]c12. The number of benzene rings is 1. The number of nitrogens with one attached hydrogen (secondary N) is 1. The van der Waals surface area contributed by atoms with Gasteiger partial charge >= 0.3 is 5.97 Å². The zero-order valence-corrected chi connectivity index (χ0v) is 9.90. The average molecular weight is 248 g/mol. The van der Waals surface area contributed by atoms with Gasteiger partial charge in [0.1, 0.15) is 11.4 Å². The van der Waals surface area contributed by atoms with Crippen LogP contribution in [0.4, 0.5) is 0 Å². The molecule has 0 radical (unpaired) electrons. The zero-order chi connectivity index (χ0) is 13.4. The number of primary amides is 1. The number of H-pyrrole nitrogens is 1. The lowest BCUT2D eigenvalue weighted by molar-refractivity contribution is 0.0696. The van der Waals surface area contributed by atoms with E-state index in [-0.39, 0.29) is 11.3 Å². The Balaban J connectivity index is 2.84. The number of amides is 1. The first kappa shape index (κ1) is 12.0. The van der Waals surface area contributed by atoms with Crippen molar-refractivity contribution in [3.63, 3.8) is 0 Å². The molecule has 1 aromatic carbocycles. The first-order valence-corrected chi connectivity index (χ1v) is 5.19. The number of rotatable bonds is 3. The van der Waals surface area contributed by atoms with E-state index in [2.05, 4.69) is 4.98 Å². The minimum atomic E-state index is -1.06. The molecule has 2 rings (SSSR count). The molecule has 4 N–H and O–H groups in total. The molecular formula is C12H12N2O4. The molecule has 0 atom stereocenters. The number of aromatic nitrogens is 1. The highest BCUT2D eigenvalue weighted by atomic mass is 16.5. The second-order valence-corrected chi connectivity index (χ2v) is 3.90. The summed E-state index contributed by atoms with van der Waals surface area (Å²) in [7, 11) is 1.43. The van der Waals surface area contributed by atoms with Crippen LogP contribution in [0.1, 0.15) is 26.4 Å². The first-order chi connectivity index (χ1) is 8.45. The molecule has 6 heteroatoms. The number of hydrogen-bond donors (Lipinski definition) is 3. The number of aromatic carboxylic acids is 1.